The second-order valence-electron chi connectivity index (χ2n) is 7.22. The number of piperidine rings is 1. The van der Waals surface area contributed by atoms with Crippen LogP contribution in [0.15, 0.2) is 23.1 Å². The van der Waals surface area contributed by atoms with Crippen molar-refractivity contribution >= 4 is 21.9 Å². The van der Waals surface area contributed by atoms with Gasteiger partial charge >= 0.3 is 5.97 Å². The van der Waals surface area contributed by atoms with Crippen LogP contribution in [0.5, 0.6) is 0 Å². The molecule has 0 atom stereocenters. The summed E-state index contributed by atoms with van der Waals surface area (Å²) in [5, 5.41) is 2.63. The molecule has 2 rings (SSSR count). The van der Waals surface area contributed by atoms with Crippen LogP contribution < -0.4 is 5.32 Å². The van der Waals surface area contributed by atoms with Gasteiger partial charge in [0.05, 0.1) is 5.56 Å². The fourth-order valence-corrected chi connectivity index (χ4v) is 4.45. The molecular weight excluding hydrogens is 387 g/mol. The van der Waals surface area contributed by atoms with E-state index in [2.05, 4.69) is 5.32 Å². The highest BCUT2D eigenvalue weighted by molar-refractivity contribution is 7.89. The summed E-state index contributed by atoms with van der Waals surface area (Å²) >= 11 is 0. The second-order valence-corrected chi connectivity index (χ2v) is 9.12. The number of ether oxygens (including phenoxy) is 1. The largest absolute Gasteiger partial charge is 0.452 e. The lowest BCUT2D eigenvalue weighted by Gasteiger charge is -2.26. The van der Waals surface area contributed by atoms with Crippen molar-refractivity contribution < 1.29 is 27.1 Å². The summed E-state index contributed by atoms with van der Waals surface area (Å²) in [4.78, 5) is 23.3. The Labute approximate surface area is 165 Å². The molecule has 0 radical (unpaired) electrons. The SMILES string of the molecule is CC(C)CCNC(=O)COC(=O)c1ccc(F)c(S(=O)(=O)N2CCCCC2)c1. The molecule has 0 bridgehead atoms. The molecule has 1 aromatic rings. The van der Waals surface area contributed by atoms with Gasteiger partial charge in [-0.15, -0.1) is 0 Å². The van der Waals surface area contributed by atoms with Crippen molar-refractivity contribution in [3.8, 4) is 0 Å². The van der Waals surface area contributed by atoms with Gasteiger partial charge in [0.2, 0.25) is 10.0 Å². The number of esters is 1. The van der Waals surface area contributed by atoms with Crippen LogP contribution in [0.2, 0.25) is 0 Å². The molecule has 1 saturated heterocycles. The number of nitrogens with one attached hydrogen (secondary N) is 1. The molecule has 1 aromatic carbocycles. The quantitative estimate of drug-likeness (QED) is 0.659. The summed E-state index contributed by atoms with van der Waals surface area (Å²) in [5.41, 5.74) is -0.119. The summed E-state index contributed by atoms with van der Waals surface area (Å²) in [5.74, 6) is -1.82. The molecule has 1 fully saturated rings. The first-order valence-corrected chi connectivity index (χ1v) is 10.9. The highest BCUT2D eigenvalue weighted by atomic mass is 32.2. The third-order valence-corrected chi connectivity index (χ3v) is 6.39. The number of carbonyl (C=O) groups excluding carboxylic acids is 2. The van der Waals surface area contributed by atoms with Gasteiger partial charge in [0, 0.05) is 19.6 Å². The molecule has 1 aliphatic rings. The van der Waals surface area contributed by atoms with Gasteiger partial charge in [-0.25, -0.2) is 17.6 Å². The number of rotatable bonds is 8. The number of benzene rings is 1. The summed E-state index contributed by atoms with van der Waals surface area (Å²) in [6, 6.07) is 3.04. The van der Waals surface area contributed by atoms with Crippen LogP contribution in [0.3, 0.4) is 0 Å². The van der Waals surface area contributed by atoms with Crippen molar-refractivity contribution in [1.29, 1.82) is 0 Å². The highest BCUT2D eigenvalue weighted by Gasteiger charge is 2.29. The average Bonchev–Trinajstić information content (AvgIpc) is 2.66. The molecule has 1 N–H and O–H groups in total. The van der Waals surface area contributed by atoms with Crippen molar-refractivity contribution in [3.05, 3.63) is 29.6 Å². The Morgan fingerprint density at radius 1 is 1.21 bits per heavy atom. The van der Waals surface area contributed by atoms with Crippen molar-refractivity contribution in [2.45, 2.75) is 44.4 Å². The van der Waals surface area contributed by atoms with Crippen molar-refractivity contribution in [3.63, 3.8) is 0 Å². The smallest absolute Gasteiger partial charge is 0.338 e. The van der Waals surface area contributed by atoms with Gasteiger partial charge in [-0.2, -0.15) is 4.31 Å². The summed E-state index contributed by atoms with van der Waals surface area (Å²) in [6.07, 6.45) is 3.17. The van der Waals surface area contributed by atoms with Gasteiger partial charge in [-0.1, -0.05) is 20.3 Å². The van der Waals surface area contributed by atoms with E-state index in [1.165, 1.54) is 4.31 Å². The maximum absolute atomic E-state index is 14.2. The van der Waals surface area contributed by atoms with Crippen LogP contribution in [-0.4, -0.2) is 50.8 Å². The van der Waals surface area contributed by atoms with E-state index in [0.29, 0.717) is 38.4 Å². The monoisotopic (exact) mass is 414 g/mol. The molecule has 0 aliphatic carbocycles. The fourth-order valence-electron chi connectivity index (χ4n) is 2.84. The van der Waals surface area contributed by atoms with Gasteiger partial charge in [0.25, 0.3) is 5.91 Å². The fraction of sp³-hybridized carbons (Fsp3) is 0.579. The number of hydrogen-bond acceptors (Lipinski definition) is 5. The van der Waals surface area contributed by atoms with E-state index in [1.807, 2.05) is 13.8 Å². The van der Waals surface area contributed by atoms with E-state index in [-0.39, 0.29) is 5.56 Å². The summed E-state index contributed by atoms with van der Waals surface area (Å²) in [6.45, 7) is 4.69. The van der Waals surface area contributed by atoms with Crippen molar-refractivity contribution in [2.24, 2.45) is 5.92 Å². The van der Waals surface area contributed by atoms with E-state index in [4.69, 9.17) is 4.74 Å². The predicted molar refractivity (Wildman–Crippen MR) is 102 cm³/mol. The molecule has 9 heteroatoms. The Bertz CT molecular complexity index is 805. The molecule has 1 aliphatic heterocycles. The number of carbonyl (C=O) groups is 2. The Morgan fingerprint density at radius 2 is 1.89 bits per heavy atom. The first-order chi connectivity index (χ1) is 13.2. The Balaban J connectivity index is 2.03. The topological polar surface area (TPSA) is 92.8 Å². The number of hydrogen-bond donors (Lipinski definition) is 1. The zero-order valence-corrected chi connectivity index (χ0v) is 17.1. The molecule has 28 heavy (non-hydrogen) atoms. The minimum absolute atomic E-state index is 0.119. The predicted octanol–water partition coefficient (Wildman–Crippen LogP) is 2.32. The van der Waals surface area contributed by atoms with Crippen LogP contribution in [-0.2, 0) is 19.6 Å². The van der Waals surface area contributed by atoms with E-state index < -0.39 is 39.2 Å². The number of sulfonamides is 1. The molecule has 0 unspecified atom stereocenters. The lowest BCUT2D eigenvalue weighted by molar-refractivity contribution is -0.124. The van der Waals surface area contributed by atoms with E-state index >= 15 is 0 Å². The van der Waals surface area contributed by atoms with Gasteiger partial charge in [0.1, 0.15) is 10.7 Å². The normalized spacial score (nSPS) is 15.4. The minimum Gasteiger partial charge on any atom is -0.452 e. The van der Waals surface area contributed by atoms with Crippen LogP contribution in [0.1, 0.15) is 49.9 Å². The lowest BCUT2D eigenvalue weighted by atomic mass is 10.1. The number of nitrogens with zero attached hydrogens (tertiary/aromatic N) is 1. The van der Waals surface area contributed by atoms with Crippen LogP contribution >= 0.6 is 0 Å². The average molecular weight is 414 g/mol. The van der Waals surface area contributed by atoms with Crippen LogP contribution in [0.25, 0.3) is 0 Å². The van der Waals surface area contributed by atoms with Crippen molar-refractivity contribution in [2.75, 3.05) is 26.2 Å². The molecule has 0 saturated carbocycles. The molecule has 156 valence electrons. The minimum atomic E-state index is -4.03. The molecular formula is C19H27FN2O5S. The van der Waals surface area contributed by atoms with Gasteiger partial charge in [-0.3, -0.25) is 4.79 Å². The molecule has 1 heterocycles. The Hall–Kier alpha value is -2.00. The first-order valence-electron chi connectivity index (χ1n) is 9.45. The van der Waals surface area contributed by atoms with E-state index in [1.54, 1.807) is 0 Å². The lowest BCUT2D eigenvalue weighted by Crippen LogP contribution is -2.36. The third-order valence-electron chi connectivity index (χ3n) is 4.48. The standard InChI is InChI=1S/C19H27FN2O5S/c1-14(2)8-9-21-18(23)13-27-19(24)15-6-7-16(20)17(12-15)28(25,26)22-10-4-3-5-11-22/h6-7,12,14H,3-5,8-11,13H2,1-2H3,(H,21,23). The second kappa shape index (κ2) is 9.97. The van der Waals surface area contributed by atoms with Crippen LogP contribution in [0.4, 0.5) is 4.39 Å². The van der Waals surface area contributed by atoms with Crippen molar-refractivity contribution in [1.82, 2.24) is 9.62 Å². The zero-order valence-electron chi connectivity index (χ0n) is 16.2. The number of halogens is 1. The highest BCUT2D eigenvalue weighted by Crippen LogP contribution is 2.24. The van der Waals surface area contributed by atoms with Gasteiger partial charge in [-0.05, 0) is 43.4 Å². The van der Waals surface area contributed by atoms with Gasteiger partial charge in [0.15, 0.2) is 6.61 Å². The van der Waals surface area contributed by atoms with E-state index in [0.717, 1.165) is 31.0 Å². The van der Waals surface area contributed by atoms with Gasteiger partial charge < -0.3 is 10.1 Å². The Kier molecular flexibility index (Phi) is 7.94. The third kappa shape index (κ3) is 6.00. The summed E-state index contributed by atoms with van der Waals surface area (Å²) in [7, 11) is -4.03. The van der Waals surface area contributed by atoms with E-state index in [9.17, 15) is 22.4 Å². The maximum atomic E-state index is 14.2. The maximum Gasteiger partial charge on any atom is 0.338 e. The zero-order chi connectivity index (χ0) is 20.7. The molecule has 1 amide bonds. The molecule has 0 spiro atoms. The first kappa shape index (κ1) is 22.3. The molecule has 0 aromatic heterocycles. The number of amides is 1. The summed E-state index contributed by atoms with van der Waals surface area (Å²) < 4.78 is 45.7. The van der Waals surface area contributed by atoms with Crippen LogP contribution in [0, 0.1) is 11.7 Å². The Morgan fingerprint density at radius 3 is 2.54 bits per heavy atom. The molecule has 7 nitrogen and oxygen atoms in total.